The Hall–Kier alpha value is -1.22. The van der Waals surface area contributed by atoms with Crippen LogP contribution >= 0.6 is 11.6 Å². The van der Waals surface area contributed by atoms with E-state index in [2.05, 4.69) is 0 Å². The summed E-state index contributed by atoms with van der Waals surface area (Å²) in [4.78, 5) is 16.4. The lowest BCUT2D eigenvalue weighted by atomic mass is 10.1. The first-order chi connectivity index (χ1) is 9.11. The SMILES string of the molecule is CN(C)c1cccc(C(=O)N2CCC(CCCl)C2)c1. The lowest BCUT2D eigenvalue weighted by Gasteiger charge is -2.18. The van der Waals surface area contributed by atoms with Crippen LogP contribution in [0, 0.1) is 5.92 Å². The summed E-state index contributed by atoms with van der Waals surface area (Å²) >= 11 is 5.77. The van der Waals surface area contributed by atoms with E-state index < -0.39 is 0 Å². The maximum Gasteiger partial charge on any atom is 0.253 e. The van der Waals surface area contributed by atoms with Crippen LogP contribution in [0.1, 0.15) is 23.2 Å². The molecule has 0 spiro atoms. The fourth-order valence-electron chi connectivity index (χ4n) is 2.51. The zero-order chi connectivity index (χ0) is 13.8. The summed E-state index contributed by atoms with van der Waals surface area (Å²) in [6, 6.07) is 7.80. The molecule has 1 heterocycles. The molecule has 1 aliphatic rings. The normalized spacial score (nSPS) is 18.7. The molecule has 19 heavy (non-hydrogen) atoms. The number of hydrogen-bond donors (Lipinski definition) is 0. The maximum atomic E-state index is 12.4. The van der Waals surface area contributed by atoms with Crippen molar-refractivity contribution in [2.45, 2.75) is 12.8 Å². The van der Waals surface area contributed by atoms with Gasteiger partial charge in [0.2, 0.25) is 0 Å². The number of nitrogens with zero attached hydrogens (tertiary/aromatic N) is 2. The average Bonchev–Trinajstić information content (AvgIpc) is 2.87. The van der Waals surface area contributed by atoms with Crippen LogP contribution in [0.3, 0.4) is 0 Å². The number of alkyl halides is 1. The first-order valence-electron chi connectivity index (χ1n) is 6.74. The number of halogens is 1. The Labute approximate surface area is 120 Å². The van der Waals surface area contributed by atoms with Crippen molar-refractivity contribution >= 4 is 23.2 Å². The minimum atomic E-state index is 0.140. The molecule has 1 amide bonds. The van der Waals surface area contributed by atoms with Gasteiger partial charge in [-0.25, -0.2) is 0 Å². The highest BCUT2D eigenvalue weighted by molar-refractivity contribution is 6.17. The Bertz CT molecular complexity index is 448. The molecule has 1 atom stereocenters. The molecule has 0 saturated carbocycles. The number of hydrogen-bond acceptors (Lipinski definition) is 2. The van der Waals surface area contributed by atoms with Crippen molar-refractivity contribution < 1.29 is 4.79 Å². The second-order valence-corrected chi connectivity index (χ2v) is 5.71. The van der Waals surface area contributed by atoms with E-state index in [1.807, 2.05) is 48.2 Å². The van der Waals surface area contributed by atoms with Crippen LogP contribution in [-0.2, 0) is 0 Å². The summed E-state index contributed by atoms with van der Waals surface area (Å²) in [5.74, 6) is 1.39. The van der Waals surface area contributed by atoms with Crippen LogP contribution in [-0.4, -0.2) is 43.9 Å². The van der Waals surface area contributed by atoms with Crippen LogP contribution in [0.4, 0.5) is 5.69 Å². The van der Waals surface area contributed by atoms with Gasteiger partial charge >= 0.3 is 0 Å². The van der Waals surface area contributed by atoms with Gasteiger partial charge in [0, 0.05) is 44.3 Å². The minimum absolute atomic E-state index is 0.140. The first kappa shape index (κ1) is 14.2. The van der Waals surface area contributed by atoms with Gasteiger partial charge in [0.15, 0.2) is 0 Å². The quantitative estimate of drug-likeness (QED) is 0.792. The molecule has 0 bridgehead atoms. The Morgan fingerprint density at radius 1 is 1.47 bits per heavy atom. The van der Waals surface area contributed by atoms with E-state index in [-0.39, 0.29) is 5.91 Å². The van der Waals surface area contributed by atoms with E-state index in [4.69, 9.17) is 11.6 Å². The molecule has 104 valence electrons. The third-order valence-corrected chi connectivity index (χ3v) is 3.92. The Kier molecular flexibility index (Phi) is 4.70. The van der Waals surface area contributed by atoms with Gasteiger partial charge in [0.25, 0.3) is 5.91 Å². The Balaban J connectivity index is 2.06. The monoisotopic (exact) mass is 280 g/mol. The predicted octanol–water partition coefficient (Wildman–Crippen LogP) is 2.84. The van der Waals surface area contributed by atoms with Crippen LogP contribution in [0.25, 0.3) is 0 Å². The van der Waals surface area contributed by atoms with Crippen LogP contribution in [0.5, 0.6) is 0 Å². The summed E-state index contributed by atoms with van der Waals surface area (Å²) in [5, 5.41) is 0. The van der Waals surface area contributed by atoms with Gasteiger partial charge < -0.3 is 9.80 Å². The third kappa shape index (κ3) is 3.41. The number of amides is 1. The molecule has 3 nitrogen and oxygen atoms in total. The van der Waals surface area contributed by atoms with Crippen molar-refractivity contribution in [1.29, 1.82) is 0 Å². The maximum absolute atomic E-state index is 12.4. The third-order valence-electron chi connectivity index (χ3n) is 3.70. The molecule has 2 rings (SSSR count). The van der Waals surface area contributed by atoms with Crippen molar-refractivity contribution in [2.75, 3.05) is 38.0 Å². The van der Waals surface area contributed by atoms with Crippen molar-refractivity contribution in [1.82, 2.24) is 4.90 Å². The summed E-state index contributed by atoms with van der Waals surface area (Å²) in [6.45, 7) is 1.70. The Morgan fingerprint density at radius 2 is 2.26 bits per heavy atom. The van der Waals surface area contributed by atoms with E-state index in [0.717, 1.165) is 37.2 Å². The van der Waals surface area contributed by atoms with Crippen LogP contribution in [0.15, 0.2) is 24.3 Å². The largest absolute Gasteiger partial charge is 0.378 e. The Morgan fingerprint density at radius 3 is 2.95 bits per heavy atom. The van der Waals surface area contributed by atoms with E-state index in [0.29, 0.717) is 11.8 Å². The van der Waals surface area contributed by atoms with E-state index in [1.165, 1.54) is 0 Å². The molecule has 0 aliphatic carbocycles. The molecule has 1 unspecified atom stereocenters. The highest BCUT2D eigenvalue weighted by atomic mass is 35.5. The number of rotatable bonds is 4. The molecule has 0 radical (unpaired) electrons. The lowest BCUT2D eigenvalue weighted by Crippen LogP contribution is -2.28. The predicted molar refractivity (Wildman–Crippen MR) is 80.1 cm³/mol. The van der Waals surface area contributed by atoms with Crippen molar-refractivity contribution in [3.63, 3.8) is 0 Å². The molecule has 1 aromatic carbocycles. The minimum Gasteiger partial charge on any atom is -0.378 e. The van der Waals surface area contributed by atoms with Gasteiger partial charge in [-0.15, -0.1) is 11.6 Å². The van der Waals surface area contributed by atoms with Gasteiger partial charge in [-0.3, -0.25) is 4.79 Å². The summed E-state index contributed by atoms with van der Waals surface area (Å²) in [6.07, 6.45) is 2.08. The molecule has 1 saturated heterocycles. The molecule has 0 N–H and O–H groups in total. The molecule has 1 fully saturated rings. The van der Waals surface area contributed by atoms with Gasteiger partial charge in [0.1, 0.15) is 0 Å². The average molecular weight is 281 g/mol. The smallest absolute Gasteiger partial charge is 0.253 e. The van der Waals surface area contributed by atoms with Crippen molar-refractivity contribution in [3.05, 3.63) is 29.8 Å². The van der Waals surface area contributed by atoms with E-state index >= 15 is 0 Å². The van der Waals surface area contributed by atoms with Gasteiger partial charge in [-0.05, 0) is 37.0 Å². The van der Waals surface area contributed by atoms with Crippen LogP contribution < -0.4 is 4.90 Å². The molecule has 1 aromatic rings. The number of carbonyl (C=O) groups excluding carboxylic acids is 1. The van der Waals surface area contributed by atoms with Crippen molar-refractivity contribution in [3.8, 4) is 0 Å². The second kappa shape index (κ2) is 6.29. The van der Waals surface area contributed by atoms with Crippen molar-refractivity contribution in [2.24, 2.45) is 5.92 Å². The molecule has 4 heteroatoms. The number of anilines is 1. The van der Waals surface area contributed by atoms with Gasteiger partial charge in [-0.1, -0.05) is 6.07 Å². The molecular formula is C15H21ClN2O. The zero-order valence-electron chi connectivity index (χ0n) is 11.6. The highest BCUT2D eigenvalue weighted by Gasteiger charge is 2.26. The van der Waals surface area contributed by atoms with Gasteiger partial charge in [0.05, 0.1) is 0 Å². The number of benzene rings is 1. The summed E-state index contributed by atoms with van der Waals surface area (Å²) in [7, 11) is 3.96. The zero-order valence-corrected chi connectivity index (χ0v) is 12.4. The number of likely N-dealkylation sites (tertiary alicyclic amines) is 1. The molecule has 0 aromatic heterocycles. The lowest BCUT2D eigenvalue weighted by molar-refractivity contribution is 0.0787. The topological polar surface area (TPSA) is 23.6 Å². The molecule has 1 aliphatic heterocycles. The summed E-state index contributed by atoms with van der Waals surface area (Å²) < 4.78 is 0. The van der Waals surface area contributed by atoms with Gasteiger partial charge in [-0.2, -0.15) is 0 Å². The fourth-order valence-corrected chi connectivity index (χ4v) is 2.82. The summed E-state index contributed by atoms with van der Waals surface area (Å²) in [5.41, 5.74) is 1.83. The van der Waals surface area contributed by atoms with E-state index in [1.54, 1.807) is 0 Å². The first-order valence-corrected chi connectivity index (χ1v) is 7.28. The standard InChI is InChI=1S/C15H21ClN2O/c1-17(2)14-5-3-4-13(10-14)15(19)18-9-7-12(11-18)6-8-16/h3-5,10,12H,6-9,11H2,1-2H3. The second-order valence-electron chi connectivity index (χ2n) is 5.33. The highest BCUT2D eigenvalue weighted by Crippen LogP contribution is 2.23. The van der Waals surface area contributed by atoms with Crippen LogP contribution in [0.2, 0.25) is 0 Å². The molecular weight excluding hydrogens is 260 g/mol. The van der Waals surface area contributed by atoms with E-state index in [9.17, 15) is 4.79 Å². The number of carbonyl (C=O) groups is 1. The fraction of sp³-hybridized carbons (Fsp3) is 0.533.